The van der Waals surface area contributed by atoms with Gasteiger partial charge in [-0.05, 0) is 30.7 Å². The number of fused-ring (bicyclic) bond motifs is 1. The van der Waals surface area contributed by atoms with Crippen LogP contribution in [0.2, 0.25) is 5.02 Å². The number of anilines is 2. The normalized spacial score (nSPS) is 18.6. The van der Waals surface area contributed by atoms with Gasteiger partial charge in [-0.2, -0.15) is 0 Å². The van der Waals surface area contributed by atoms with Crippen molar-refractivity contribution in [3.8, 4) is 0 Å². The number of amides is 4. The van der Waals surface area contributed by atoms with E-state index in [0.29, 0.717) is 29.7 Å². The van der Waals surface area contributed by atoms with Gasteiger partial charge in [-0.15, -0.1) is 0 Å². The maximum atomic E-state index is 15.2. The molecule has 2 fully saturated rings. The molecule has 4 amide bonds. The number of rotatable bonds is 4. The first-order valence-corrected chi connectivity index (χ1v) is 11.0. The Morgan fingerprint density at radius 2 is 1.94 bits per heavy atom. The van der Waals surface area contributed by atoms with E-state index in [1.807, 2.05) is 4.90 Å². The number of hydrogen-bond acceptors (Lipinski definition) is 5. The molecule has 11 heteroatoms. The van der Waals surface area contributed by atoms with E-state index in [-0.39, 0.29) is 41.1 Å². The second-order valence-electron chi connectivity index (χ2n) is 8.28. The molecule has 0 radical (unpaired) electrons. The summed E-state index contributed by atoms with van der Waals surface area (Å²) in [5, 5.41) is 8.12. The number of carbonyl (C=O) groups excluding carboxylic acids is 3. The van der Waals surface area contributed by atoms with Crippen molar-refractivity contribution < 1.29 is 27.6 Å². The van der Waals surface area contributed by atoms with Gasteiger partial charge in [0.05, 0.1) is 29.6 Å². The van der Waals surface area contributed by atoms with Gasteiger partial charge in [0.25, 0.3) is 0 Å². The lowest BCUT2D eigenvalue weighted by molar-refractivity contribution is -0.134. The molecule has 5 rings (SSSR count). The highest BCUT2D eigenvalue weighted by Crippen LogP contribution is 2.39. The van der Waals surface area contributed by atoms with Crippen LogP contribution in [0.25, 0.3) is 11.0 Å². The van der Waals surface area contributed by atoms with Crippen LogP contribution in [0.4, 0.5) is 25.0 Å². The number of furan rings is 1. The summed E-state index contributed by atoms with van der Waals surface area (Å²) < 4.78 is 34.7. The van der Waals surface area contributed by atoms with Crippen molar-refractivity contribution in [3.63, 3.8) is 0 Å². The SMILES string of the molecule is O=C1CC[C@H](c2c(F)cc(N3CC(NC(=O)Nc4ccc(Cl)cc4F)C3)c3occc23)C(=O)N1. The number of benzene rings is 2. The number of piperidine rings is 1. The van der Waals surface area contributed by atoms with E-state index in [0.717, 1.165) is 6.07 Å². The topological polar surface area (TPSA) is 104 Å². The van der Waals surface area contributed by atoms with E-state index in [4.69, 9.17) is 16.0 Å². The lowest BCUT2D eigenvalue weighted by Gasteiger charge is -2.41. The molecule has 8 nitrogen and oxygen atoms in total. The lowest BCUT2D eigenvalue weighted by Crippen LogP contribution is -2.60. The number of nitrogens with zero attached hydrogens (tertiary/aromatic N) is 1. The highest BCUT2D eigenvalue weighted by molar-refractivity contribution is 6.30. The monoisotopic (exact) mass is 488 g/mol. The van der Waals surface area contributed by atoms with E-state index in [2.05, 4.69) is 16.0 Å². The molecule has 0 spiro atoms. The molecule has 0 bridgehead atoms. The molecule has 0 unspecified atom stereocenters. The molecule has 1 aromatic heterocycles. The molecular weight excluding hydrogens is 470 g/mol. The molecule has 2 aliphatic heterocycles. The third kappa shape index (κ3) is 4.05. The number of nitrogens with one attached hydrogen (secondary N) is 3. The standard InChI is InChI=1S/C23H19ClF2N4O4/c24-11-1-3-17(15(25)7-11)28-23(33)27-12-9-30(10-12)18-8-16(26)20(13-5-6-34-21(13)18)14-2-4-19(31)29-22(14)32/h1,3,5-8,12,14H,2,4,9-10H2,(H2,27,28,33)(H,29,31,32)/t14-/m1/s1. The number of imide groups is 1. The van der Waals surface area contributed by atoms with Crippen molar-refractivity contribution in [1.82, 2.24) is 10.6 Å². The highest BCUT2D eigenvalue weighted by atomic mass is 35.5. The molecule has 2 saturated heterocycles. The summed E-state index contributed by atoms with van der Waals surface area (Å²) in [6.45, 7) is 0.757. The summed E-state index contributed by atoms with van der Waals surface area (Å²) in [6.07, 6.45) is 1.78. The quantitative estimate of drug-likeness (QED) is 0.483. The zero-order chi connectivity index (χ0) is 24.0. The van der Waals surface area contributed by atoms with Gasteiger partial charge in [0.2, 0.25) is 11.8 Å². The number of hydrogen-bond donors (Lipinski definition) is 3. The maximum absolute atomic E-state index is 15.2. The smallest absolute Gasteiger partial charge is 0.319 e. The summed E-state index contributed by atoms with van der Waals surface area (Å²) in [5.74, 6) is -2.89. The second kappa shape index (κ2) is 8.60. The van der Waals surface area contributed by atoms with Gasteiger partial charge < -0.3 is 20.0 Å². The third-order valence-corrected chi connectivity index (χ3v) is 6.27. The van der Waals surface area contributed by atoms with Crippen molar-refractivity contribution >= 4 is 51.8 Å². The van der Waals surface area contributed by atoms with E-state index in [1.165, 1.54) is 24.5 Å². The maximum Gasteiger partial charge on any atom is 0.319 e. The Morgan fingerprint density at radius 1 is 1.15 bits per heavy atom. The molecule has 2 aromatic carbocycles. The summed E-state index contributed by atoms with van der Waals surface area (Å²) in [6, 6.07) is 6.02. The van der Waals surface area contributed by atoms with Crippen LogP contribution in [0, 0.1) is 11.6 Å². The van der Waals surface area contributed by atoms with E-state index < -0.39 is 29.5 Å². The van der Waals surface area contributed by atoms with Crippen LogP contribution >= 0.6 is 11.6 Å². The number of halogens is 3. The summed E-state index contributed by atoms with van der Waals surface area (Å²) >= 11 is 5.71. The molecule has 0 saturated carbocycles. The van der Waals surface area contributed by atoms with Gasteiger partial charge >= 0.3 is 6.03 Å². The average Bonchev–Trinajstić information content (AvgIpc) is 3.23. The van der Waals surface area contributed by atoms with Crippen molar-refractivity contribution in [1.29, 1.82) is 0 Å². The highest BCUT2D eigenvalue weighted by Gasteiger charge is 2.35. The summed E-state index contributed by atoms with van der Waals surface area (Å²) in [7, 11) is 0. The van der Waals surface area contributed by atoms with Crippen molar-refractivity contribution in [2.45, 2.75) is 24.8 Å². The van der Waals surface area contributed by atoms with Crippen molar-refractivity contribution in [2.75, 3.05) is 23.3 Å². The molecule has 176 valence electrons. The van der Waals surface area contributed by atoms with Crippen LogP contribution in [0.15, 0.2) is 41.0 Å². The fourth-order valence-electron chi connectivity index (χ4n) is 4.37. The average molecular weight is 489 g/mol. The third-order valence-electron chi connectivity index (χ3n) is 6.03. The predicted molar refractivity (Wildman–Crippen MR) is 121 cm³/mol. The first kappa shape index (κ1) is 22.1. The van der Waals surface area contributed by atoms with Gasteiger partial charge in [-0.1, -0.05) is 11.6 Å². The van der Waals surface area contributed by atoms with E-state index >= 15 is 4.39 Å². The van der Waals surface area contributed by atoms with E-state index in [1.54, 1.807) is 6.07 Å². The molecule has 0 aliphatic carbocycles. The van der Waals surface area contributed by atoms with Gasteiger partial charge in [-0.25, -0.2) is 13.6 Å². The van der Waals surface area contributed by atoms with E-state index in [9.17, 15) is 18.8 Å². The Balaban J connectivity index is 1.28. The molecule has 1 atom stereocenters. The predicted octanol–water partition coefficient (Wildman–Crippen LogP) is 3.89. The van der Waals surface area contributed by atoms with Gasteiger partial charge in [0.15, 0.2) is 5.58 Å². The Bertz CT molecular complexity index is 1320. The van der Waals surface area contributed by atoms with Crippen LogP contribution in [0.1, 0.15) is 24.3 Å². The fraction of sp³-hybridized carbons (Fsp3) is 0.261. The van der Waals surface area contributed by atoms with Crippen molar-refractivity contribution in [2.24, 2.45) is 0 Å². The minimum atomic E-state index is -0.783. The molecule has 3 aromatic rings. The second-order valence-corrected chi connectivity index (χ2v) is 8.72. The van der Waals surface area contributed by atoms with Crippen LogP contribution in [0.3, 0.4) is 0 Å². The molecule has 3 heterocycles. The summed E-state index contributed by atoms with van der Waals surface area (Å²) in [4.78, 5) is 37.8. The minimum Gasteiger partial charge on any atom is -0.462 e. The lowest BCUT2D eigenvalue weighted by atomic mass is 9.87. The van der Waals surface area contributed by atoms with Crippen LogP contribution in [0.5, 0.6) is 0 Å². The zero-order valence-corrected chi connectivity index (χ0v) is 18.4. The molecular formula is C23H19ClF2N4O4. The molecule has 3 N–H and O–H groups in total. The first-order chi connectivity index (χ1) is 16.3. The van der Waals surface area contributed by atoms with Gasteiger partial charge in [0, 0.05) is 41.5 Å². The minimum absolute atomic E-state index is 0.00137. The Labute approximate surface area is 197 Å². The molecule has 2 aliphatic rings. The first-order valence-electron chi connectivity index (χ1n) is 10.6. The largest absolute Gasteiger partial charge is 0.462 e. The van der Waals surface area contributed by atoms with Gasteiger partial charge in [-0.3, -0.25) is 14.9 Å². The molecule has 34 heavy (non-hydrogen) atoms. The van der Waals surface area contributed by atoms with Gasteiger partial charge in [0.1, 0.15) is 11.6 Å². The fourth-order valence-corrected chi connectivity index (χ4v) is 4.53. The summed E-state index contributed by atoms with van der Waals surface area (Å²) in [5.41, 5.74) is 1.13. The number of carbonyl (C=O) groups is 3. The van der Waals surface area contributed by atoms with Crippen molar-refractivity contribution in [3.05, 3.63) is 58.8 Å². The Kier molecular flexibility index (Phi) is 5.60. The number of urea groups is 1. The zero-order valence-electron chi connectivity index (χ0n) is 17.7. The Morgan fingerprint density at radius 3 is 2.68 bits per heavy atom. The Hall–Kier alpha value is -3.66. The van der Waals surface area contributed by atoms with Crippen LogP contribution in [-0.2, 0) is 9.59 Å². The van der Waals surface area contributed by atoms with Crippen LogP contribution < -0.4 is 20.9 Å². The van der Waals surface area contributed by atoms with Crippen LogP contribution in [-0.4, -0.2) is 37.0 Å².